The highest BCUT2D eigenvalue weighted by Gasteiger charge is 2.61. The molecule has 35 heavy (non-hydrogen) atoms. The second-order valence-corrected chi connectivity index (χ2v) is 9.57. The lowest BCUT2D eigenvalue weighted by molar-refractivity contribution is -0.127. The SMILES string of the molecule is C[C@@H]1CN(c2ccnc(Nc3ccc(C4(C(N)=O)CCOCC4)cc3)n2)C(=O)[C@]1(C#N)C1CC1.Cl. The number of anilines is 3. The number of carbonyl (C=O) groups is 2. The van der Waals surface area contributed by atoms with Gasteiger partial charge in [-0.1, -0.05) is 19.1 Å². The predicted molar refractivity (Wildman–Crippen MR) is 132 cm³/mol. The summed E-state index contributed by atoms with van der Waals surface area (Å²) in [6.45, 7) is 3.45. The molecule has 2 atom stereocenters. The molecule has 9 nitrogen and oxygen atoms in total. The fourth-order valence-corrected chi connectivity index (χ4v) is 5.46. The molecule has 0 spiro atoms. The third kappa shape index (κ3) is 4.11. The Morgan fingerprint density at radius 2 is 1.91 bits per heavy atom. The van der Waals surface area contributed by atoms with Gasteiger partial charge in [0, 0.05) is 37.6 Å². The van der Waals surface area contributed by atoms with Gasteiger partial charge in [0.05, 0.1) is 11.5 Å². The third-order valence-corrected chi connectivity index (χ3v) is 7.67. The van der Waals surface area contributed by atoms with Crippen LogP contribution in [0.3, 0.4) is 0 Å². The number of nitrogens with two attached hydrogens (primary N) is 1. The van der Waals surface area contributed by atoms with Gasteiger partial charge in [0.1, 0.15) is 11.2 Å². The van der Waals surface area contributed by atoms with E-state index in [2.05, 4.69) is 21.4 Å². The van der Waals surface area contributed by atoms with Crippen molar-refractivity contribution in [3.05, 3.63) is 42.1 Å². The Bertz CT molecular complexity index is 1160. The standard InChI is InChI=1S/C25H28N6O3.ClH/c1-16-14-31(22(33)25(16,15-26)18-2-3-18)20-8-11-28-23(30-20)29-19-6-4-17(5-7-19)24(21(27)32)9-12-34-13-10-24;/h4-8,11,16,18H,2-3,9-10,12-14H2,1H3,(H2,27,32)(H,28,29,30);1H/t16-,25+;/m1./s1. The van der Waals surface area contributed by atoms with Crippen LogP contribution in [0.5, 0.6) is 0 Å². The number of nitrogens with zero attached hydrogens (tertiary/aromatic N) is 4. The number of aromatic nitrogens is 2. The molecule has 3 N–H and O–H groups in total. The van der Waals surface area contributed by atoms with Crippen molar-refractivity contribution < 1.29 is 14.3 Å². The van der Waals surface area contributed by atoms with Gasteiger partial charge in [-0.05, 0) is 55.4 Å². The number of halogens is 1. The average molecular weight is 497 g/mol. The van der Waals surface area contributed by atoms with E-state index in [0.717, 1.165) is 24.1 Å². The van der Waals surface area contributed by atoms with Crippen molar-refractivity contribution in [3.63, 3.8) is 0 Å². The Labute approximate surface area is 210 Å². The molecule has 3 aliphatic rings. The second-order valence-electron chi connectivity index (χ2n) is 9.57. The Kier molecular flexibility index (Phi) is 6.71. The molecule has 184 valence electrons. The number of nitrogens with one attached hydrogen (secondary N) is 1. The molecule has 3 heterocycles. The minimum absolute atomic E-state index is 0. The van der Waals surface area contributed by atoms with E-state index in [0.29, 0.717) is 44.4 Å². The van der Waals surface area contributed by atoms with Gasteiger partial charge >= 0.3 is 0 Å². The van der Waals surface area contributed by atoms with Crippen LogP contribution in [0.15, 0.2) is 36.5 Å². The summed E-state index contributed by atoms with van der Waals surface area (Å²) in [6.07, 6.45) is 4.58. The average Bonchev–Trinajstić information content (AvgIpc) is 3.66. The predicted octanol–water partition coefficient (Wildman–Crippen LogP) is 3.08. The van der Waals surface area contributed by atoms with Crippen LogP contribution >= 0.6 is 12.4 Å². The van der Waals surface area contributed by atoms with E-state index in [9.17, 15) is 14.9 Å². The number of hydrogen-bond donors (Lipinski definition) is 2. The first-order valence-corrected chi connectivity index (χ1v) is 11.7. The number of amides is 2. The van der Waals surface area contributed by atoms with E-state index in [1.807, 2.05) is 31.2 Å². The number of ether oxygens (including phenoxy) is 1. The lowest BCUT2D eigenvalue weighted by Crippen LogP contribution is -2.45. The number of benzene rings is 1. The lowest BCUT2D eigenvalue weighted by Gasteiger charge is -2.34. The Morgan fingerprint density at radius 1 is 1.23 bits per heavy atom. The Hall–Kier alpha value is -3.22. The van der Waals surface area contributed by atoms with Crippen LogP contribution < -0.4 is 16.0 Å². The maximum Gasteiger partial charge on any atom is 0.249 e. The fourth-order valence-electron chi connectivity index (χ4n) is 5.46. The Balaban J connectivity index is 0.00000289. The van der Waals surface area contributed by atoms with Crippen LogP contribution in [0, 0.1) is 28.6 Å². The number of nitriles is 1. The highest BCUT2D eigenvalue weighted by Crippen LogP contribution is 2.54. The fraction of sp³-hybridized carbons (Fsp3) is 0.480. The monoisotopic (exact) mass is 496 g/mol. The quantitative estimate of drug-likeness (QED) is 0.627. The largest absolute Gasteiger partial charge is 0.381 e. The van der Waals surface area contributed by atoms with Crippen molar-refractivity contribution in [1.82, 2.24) is 9.97 Å². The molecule has 5 rings (SSSR count). The van der Waals surface area contributed by atoms with E-state index in [-0.39, 0.29) is 36.1 Å². The van der Waals surface area contributed by atoms with Crippen LogP contribution in [-0.4, -0.2) is 41.5 Å². The summed E-state index contributed by atoms with van der Waals surface area (Å²) >= 11 is 0. The van der Waals surface area contributed by atoms with E-state index in [1.54, 1.807) is 17.2 Å². The van der Waals surface area contributed by atoms with Crippen LogP contribution in [0.4, 0.5) is 17.5 Å². The molecule has 1 aliphatic carbocycles. The molecule has 1 aromatic carbocycles. The molecule has 2 aliphatic heterocycles. The van der Waals surface area contributed by atoms with Crippen LogP contribution in [0.2, 0.25) is 0 Å². The third-order valence-electron chi connectivity index (χ3n) is 7.67. The molecule has 2 saturated heterocycles. The number of primary amides is 1. The molecule has 0 unspecified atom stereocenters. The van der Waals surface area contributed by atoms with Crippen molar-refractivity contribution in [2.24, 2.45) is 23.0 Å². The van der Waals surface area contributed by atoms with Crippen LogP contribution in [0.1, 0.15) is 38.2 Å². The minimum Gasteiger partial charge on any atom is -0.381 e. The molecule has 1 aromatic heterocycles. The summed E-state index contributed by atoms with van der Waals surface area (Å²) in [5.74, 6) is 0.423. The first-order valence-electron chi connectivity index (χ1n) is 11.7. The van der Waals surface area contributed by atoms with Gasteiger partial charge in [-0.2, -0.15) is 10.2 Å². The lowest BCUT2D eigenvalue weighted by atomic mass is 9.73. The number of rotatable bonds is 6. The summed E-state index contributed by atoms with van der Waals surface area (Å²) in [7, 11) is 0. The molecular formula is C25H29ClN6O3. The van der Waals surface area contributed by atoms with E-state index < -0.39 is 10.8 Å². The summed E-state index contributed by atoms with van der Waals surface area (Å²) in [5, 5.41) is 13.0. The normalized spacial score (nSPS) is 25.4. The van der Waals surface area contributed by atoms with Gasteiger partial charge in [0.15, 0.2) is 0 Å². The zero-order chi connectivity index (χ0) is 23.9. The van der Waals surface area contributed by atoms with Gasteiger partial charge in [-0.3, -0.25) is 14.5 Å². The second kappa shape index (κ2) is 9.44. The molecule has 2 amide bonds. The Morgan fingerprint density at radius 3 is 2.51 bits per heavy atom. The maximum atomic E-state index is 13.3. The molecule has 3 fully saturated rings. The smallest absolute Gasteiger partial charge is 0.249 e. The molecule has 1 saturated carbocycles. The van der Waals surface area contributed by atoms with Gasteiger partial charge in [-0.25, -0.2) is 4.98 Å². The first-order chi connectivity index (χ1) is 16.4. The molecule has 2 aromatic rings. The summed E-state index contributed by atoms with van der Waals surface area (Å²) in [5.41, 5.74) is 5.72. The maximum absolute atomic E-state index is 13.3. The number of hydrogen-bond acceptors (Lipinski definition) is 7. The molecule has 0 bridgehead atoms. The highest BCUT2D eigenvalue weighted by molar-refractivity contribution is 6.02. The molecular weight excluding hydrogens is 468 g/mol. The van der Waals surface area contributed by atoms with Crippen molar-refractivity contribution in [3.8, 4) is 6.07 Å². The van der Waals surface area contributed by atoms with Crippen LogP contribution in [-0.2, 0) is 19.7 Å². The van der Waals surface area contributed by atoms with Crippen molar-refractivity contribution in [1.29, 1.82) is 5.26 Å². The summed E-state index contributed by atoms with van der Waals surface area (Å²) in [4.78, 5) is 36.0. The summed E-state index contributed by atoms with van der Waals surface area (Å²) < 4.78 is 5.42. The van der Waals surface area contributed by atoms with Gasteiger partial charge in [0.25, 0.3) is 0 Å². The van der Waals surface area contributed by atoms with Crippen LogP contribution in [0.25, 0.3) is 0 Å². The minimum atomic E-state index is -0.949. The highest BCUT2D eigenvalue weighted by atomic mass is 35.5. The van der Waals surface area contributed by atoms with Crippen molar-refractivity contribution in [2.45, 2.75) is 38.0 Å². The zero-order valence-corrected chi connectivity index (χ0v) is 20.4. The van der Waals surface area contributed by atoms with Gasteiger partial charge < -0.3 is 15.8 Å². The molecule has 0 radical (unpaired) electrons. The number of carbonyl (C=O) groups excluding carboxylic acids is 2. The zero-order valence-electron chi connectivity index (χ0n) is 19.6. The van der Waals surface area contributed by atoms with Gasteiger partial charge in [-0.15, -0.1) is 12.4 Å². The summed E-state index contributed by atoms with van der Waals surface area (Å²) in [6, 6.07) is 11.6. The van der Waals surface area contributed by atoms with E-state index in [4.69, 9.17) is 10.5 Å². The van der Waals surface area contributed by atoms with Crippen molar-refractivity contribution >= 4 is 41.7 Å². The van der Waals surface area contributed by atoms with Crippen molar-refractivity contribution in [2.75, 3.05) is 30.0 Å². The molecule has 10 heteroatoms. The van der Waals surface area contributed by atoms with E-state index in [1.165, 1.54) is 0 Å². The van der Waals surface area contributed by atoms with E-state index >= 15 is 0 Å². The first kappa shape index (κ1) is 24.9. The van der Waals surface area contributed by atoms with Gasteiger partial charge in [0.2, 0.25) is 17.8 Å². The topological polar surface area (TPSA) is 134 Å².